The van der Waals surface area contributed by atoms with Crippen LogP contribution in [0.3, 0.4) is 0 Å². The van der Waals surface area contributed by atoms with E-state index >= 15 is 0 Å². The topological polar surface area (TPSA) is 70.6 Å². The molecule has 0 radical (unpaired) electrons. The van der Waals surface area contributed by atoms with Crippen molar-refractivity contribution in [2.24, 2.45) is 11.8 Å². The third kappa shape index (κ3) is 3.23. The summed E-state index contributed by atoms with van der Waals surface area (Å²) in [6.07, 6.45) is 5.28. The van der Waals surface area contributed by atoms with Crippen molar-refractivity contribution in [1.29, 1.82) is 0 Å². The number of nitrogens with zero attached hydrogens (tertiary/aromatic N) is 3. The molecule has 7 heteroatoms. The Labute approximate surface area is 180 Å². The fourth-order valence-corrected chi connectivity index (χ4v) is 6.49. The molecule has 30 heavy (non-hydrogen) atoms. The second-order valence-electron chi connectivity index (χ2n) is 8.84. The quantitative estimate of drug-likeness (QED) is 0.705. The predicted molar refractivity (Wildman–Crippen MR) is 115 cm³/mol. The largest absolute Gasteiger partial charge is 0.341 e. The number of carbonyl (C=O) groups excluding carboxylic acids is 3. The summed E-state index contributed by atoms with van der Waals surface area (Å²) in [5.74, 6) is -0.403. The zero-order valence-electron chi connectivity index (χ0n) is 17.3. The smallest absolute Gasteiger partial charge is 0.245 e. The minimum Gasteiger partial charge on any atom is -0.341 e. The lowest BCUT2D eigenvalue weighted by Gasteiger charge is -2.34. The average molecular weight is 426 g/mol. The van der Waals surface area contributed by atoms with Crippen LogP contribution >= 0.6 is 11.3 Å². The molecule has 5 rings (SSSR count). The maximum atomic E-state index is 13.1. The third-order valence-corrected chi connectivity index (χ3v) is 8.29. The number of rotatable bonds is 3. The molecule has 1 aromatic heterocycles. The Kier molecular flexibility index (Phi) is 5.09. The Hall–Kier alpha value is -2.28. The molecule has 3 atom stereocenters. The van der Waals surface area contributed by atoms with Crippen molar-refractivity contribution in [3.05, 3.63) is 29.3 Å². The monoisotopic (exact) mass is 425 g/mol. The summed E-state index contributed by atoms with van der Waals surface area (Å²) in [7, 11) is 0. The molecule has 158 valence electrons. The molecular formula is C23H27N3O3S. The number of para-hydroxylation sites is 1. The Bertz CT molecular complexity index is 937. The first kappa shape index (κ1) is 19.7. The van der Waals surface area contributed by atoms with Crippen LogP contribution in [0.25, 0.3) is 10.2 Å². The summed E-state index contributed by atoms with van der Waals surface area (Å²) in [6.45, 7) is 3.01. The molecule has 3 unspecified atom stereocenters. The first-order valence-corrected chi connectivity index (χ1v) is 11.9. The number of thiazole rings is 1. The van der Waals surface area contributed by atoms with Gasteiger partial charge in [0.25, 0.3) is 0 Å². The number of hydrogen-bond donors (Lipinski definition) is 0. The van der Waals surface area contributed by atoms with Gasteiger partial charge in [0.05, 0.1) is 27.1 Å². The van der Waals surface area contributed by atoms with Crippen molar-refractivity contribution < 1.29 is 14.4 Å². The number of hydrogen-bond acceptors (Lipinski definition) is 5. The van der Waals surface area contributed by atoms with Gasteiger partial charge in [-0.1, -0.05) is 25.0 Å². The lowest BCUT2D eigenvalue weighted by molar-refractivity contribution is -0.151. The summed E-state index contributed by atoms with van der Waals surface area (Å²) >= 11 is 1.74. The lowest BCUT2D eigenvalue weighted by Crippen LogP contribution is -2.51. The van der Waals surface area contributed by atoms with E-state index in [1.165, 1.54) is 9.60 Å². The van der Waals surface area contributed by atoms with Crippen molar-refractivity contribution in [3.8, 4) is 0 Å². The number of imide groups is 1. The number of aromatic nitrogens is 1. The summed E-state index contributed by atoms with van der Waals surface area (Å²) in [4.78, 5) is 46.7. The van der Waals surface area contributed by atoms with E-state index in [1.54, 1.807) is 18.3 Å². The summed E-state index contributed by atoms with van der Waals surface area (Å²) in [5, 5.41) is 1.14. The number of amides is 3. The zero-order chi connectivity index (χ0) is 20.8. The van der Waals surface area contributed by atoms with Crippen LogP contribution in [-0.4, -0.2) is 51.6 Å². The fourth-order valence-electron chi connectivity index (χ4n) is 5.36. The molecule has 3 heterocycles. The molecule has 0 bridgehead atoms. The molecule has 1 aromatic carbocycles. The van der Waals surface area contributed by atoms with Gasteiger partial charge in [0.2, 0.25) is 17.7 Å². The molecular weight excluding hydrogens is 398 g/mol. The van der Waals surface area contributed by atoms with Crippen molar-refractivity contribution in [2.45, 2.75) is 57.4 Å². The number of likely N-dealkylation sites (tertiary alicyclic amines) is 2. The maximum Gasteiger partial charge on any atom is 0.245 e. The number of piperidine rings is 1. The second kappa shape index (κ2) is 7.76. The van der Waals surface area contributed by atoms with Crippen LogP contribution in [-0.2, 0) is 14.4 Å². The molecule has 6 nitrogen and oxygen atoms in total. The van der Waals surface area contributed by atoms with Gasteiger partial charge in [-0.3, -0.25) is 19.3 Å². The highest BCUT2D eigenvalue weighted by molar-refractivity contribution is 7.18. The second-order valence-corrected chi connectivity index (χ2v) is 9.90. The van der Waals surface area contributed by atoms with Crippen LogP contribution in [0.5, 0.6) is 0 Å². The lowest BCUT2D eigenvalue weighted by atomic mass is 9.81. The van der Waals surface area contributed by atoms with E-state index < -0.39 is 6.04 Å². The Morgan fingerprint density at radius 1 is 1.03 bits per heavy atom. The molecule has 1 saturated carbocycles. The van der Waals surface area contributed by atoms with Crippen LogP contribution in [0.4, 0.5) is 0 Å². The first-order valence-electron chi connectivity index (χ1n) is 11.1. The van der Waals surface area contributed by atoms with Gasteiger partial charge >= 0.3 is 0 Å². The van der Waals surface area contributed by atoms with Crippen LogP contribution in [0, 0.1) is 11.8 Å². The highest BCUT2D eigenvalue weighted by Crippen LogP contribution is 2.39. The predicted octanol–water partition coefficient (Wildman–Crippen LogP) is 3.57. The average Bonchev–Trinajstić information content (AvgIpc) is 3.32. The van der Waals surface area contributed by atoms with Crippen LogP contribution in [0.2, 0.25) is 0 Å². The van der Waals surface area contributed by atoms with Crippen molar-refractivity contribution in [1.82, 2.24) is 14.8 Å². The minimum atomic E-state index is -0.699. The van der Waals surface area contributed by atoms with Gasteiger partial charge in [0, 0.05) is 19.0 Å². The maximum absolute atomic E-state index is 13.1. The van der Waals surface area contributed by atoms with Crippen LogP contribution < -0.4 is 0 Å². The minimum absolute atomic E-state index is 0.0990. The molecule has 3 amide bonds. The standard InChI is InChI=1S/C23H27N3O3S/c1-14(26-22(28)16-6-2-3-7-17(16)23(26)29)21(27)25-12-10-15(11-13-25)20-24-18-8-4-5-9-19(18)30-20/h4-5,8-9,14-17H,2-3,6-7,10-13H2,1H3. The van der Waals surface area contributed by atoms with Gasteiger partial charge in [-0.2, -0.15) is 0 Å². The molecule has 2 aromatic rings. The summed E-state index contributed by atoms with van der Waals surface area (Å²) < 4.78 is 1.20. The Balaban J connectivity index is 1.24. The SMILES string of the molecule is CC(C(=O)N1CCC(c2nc3ccccc3s2)CC1)N1C(=O)C2CCCCC2C1=O. The zero-order valence-corrected chi connectivity index (χ0v) is 18.1. The van der Waals surface area contributed by atoms with Crippen molar-refractivity contribution in [3.63, 3.8) is 0 Å². The molecule has 1 aliphatic carbocycles. The molecule has 0 spiro atoms. The van der Waals surface area contributed by atoms with Gasteiger partial charge < -0.3 is 4.90 Å². The van der Waals surface area contributed by atoms with E-state index in [-0.39, 0.29) is 29.6 Å². The van der Waals surface area contributed by atoms with E-state index in [2.05, 4.69) is 6.07 Å². The van der Waals surface area contributed by atoms with E-state index in [0.717, 1.165) is 49.0 Å². The highest BCUT2D eigenvalue weighted by atomic mass is 32.1. The van der Waals surface area contributed by atoms with Gasteiger partial charge in [0.15, 0.2) is 0 Å². The molecule has 2 aliphatic heterocycles. The van der Waals surface area contributed by atoms with Gasteiger partial charge in [-0.15, -0.1) is 11.3 Å². The van der Waals surface area contributed by atoms with Gasteiger partial charge in [-0.25, -0.2) is 4.98 Å². The van der Waals surface area contributed by atoms with E-state index in [9.17, 15) is 14.4 Å². The number of benzene rings is 1. The van der Waals surface area contributed by atoms with E-state index in [0.29, 0.717) is 19.0 Å². The third-order valence-electron chi connectivity index (χ3n) is 7.09. The Morgan fingerprint density at radius 2 is 1.67 bits per heavy atom. The highest BCUT2D eigenvalue weighted by Gasteiger charge is 2.51. The molecule has 3 fully saturated rings. The summed E-state index contributed by atoms with van der Waals surface area (Å²) in [6, 6.07) is 7.47. The van der Waals surface area contributed by atoms with E-state index in [4.69, 9.17) is 4.98 Å². The molecule has 3 aliphatic rings. The van der Waals surface area contributed by atoms with Crippen molar-refractivity contribution in [2.75, 3.05) is 13.1 Å². The molecule has 0 N–H and O–H groups in total. The van der Waals surface area contributed by atoms with Crippen LogP contribution in [0.1, 0.15) is 56.4 Å². The normalized spacial score (nSPS) is 26.3. The number of fused-ring (bicyclic) bond motifs is 2. The number of carbonyl (C=O) groups is 3. The Morgan fingerprint density at radius 3 is 2.30 bits per heavy atom. The first-order chi connectivity index (χ1) is 14.5. The van der Waals surface area contributed by atoms with Crippen molar-refractivity contribution >= 4 is 39.3 Å². The van der Waals surface area contributed by atoms with Gasteiger partial charge in [-0.05, 0) is 44.7 Å². The van der Waals surface area contributed by atoms with Gasteiger partial charge in [0.1, 0.15) is 6.04 Å². The molecule has 2 saturated heterocycles. The van der Waals surface area contributed by atoms with E-state index in [1.807, 2.05) is 23.1 Å². The fraction of sp³-hybridized carbons (Fsp3) is 0.565. The summed E-state index contributed by atoms with van der Waals surface area (Å²) in [5.41, 5.74) is 1.04. The van der Waals surface area contributed by atoms with Crippen LogP contribution in [0.15, 0.2) is 24.3 Å².